The van der Waals surface area contributed by atoms with Crippen molar-refractivity contribution in [2.24, 2.45) is 0 Å². The van der Waals surface area contributed by atoms with E-state index < -0.39 is 63.8 Å². The Kier molecular flexibility index (Phi) is 7.64. The number of hydrogen-bond acceptors (Lipinski definition) is 5. The molecule has 0 unspecified atom stereocenters. The molecule has 0 aliphatic carbocycles. The molecule has 2 aromatic carbocycles. The van der Waals surface area contributed by atoms with Gasteiger partial charge in [-0.2, -0.15) is 31.6 Å². The molecule has 0 heterocycles. The average Bonchev–Trinajstić information content (AvgIpc) is 2.69. The molecular weight excluding hydrogens is 476 g/mol. The molecule has 2 aromatic rings. The lowest BCUT2D eigenvalue weighted by Crippen LogP contribution is -2.37. The lowest BCUT2D eigenvalue weighted by Gasteiger charge is -2.27. The molecule has 178 valence electrons. The standard InChI is InChI=1S/C20H17F6N3O3S/c1-13(30)28-15-3-6-17(7-4-15)33(31,32)9-8-29(12-19(21,22)23)16-5-2-14(11-27)18(10-16)20(24,25)26/h2-7,10H,8-9,12H2,1H3,(H,28,30). The topological polar surface area (TPSA) is 90.3 Å². The monoisotopic (exact) mass is 493 g/mol. The maximum Gasteiger partial charge on any atom is 0.417 e. The predicted octanol–water partition coefficient (Wildman–Crippen LogP) is 4.38. The van der Waals surface area contributed by atoms with Crippen molar-refractivity contribution in [1.29, 1.82) is 5.26 Å². The molecule has 0 spiro atoms. The van der Waals surface area contributed by atoms with Gasteiger partial charge in [-0.1, -0.05) is 0 Å². The van der Waals surface area contributed by atoms with Gasteiger partial charge in [0, 0.05) is 24.8 Å². The molecule has 0 fully saturated rings. The molecule has 1 amide bonds. The molecule has 0 aromatic heterocycles. The smallest absolute Gasteiger partial charge is 0.362 e. The number of alkyl halides is 6. The Balaban J connectivity index is 2.33. The number of rotatable bonds is 7. The first-order valence-corrected chi connectivity index (χ1v) is 10.8. The molecular formula is C20H17F6N3O3S. The van der Waals surface area contributed by atoms with Crippen LogP contribution in [-0.4, -0.2) is 39.3 Å². The summed E-state index contributed by atoms with van der Waals surface area (Å²) < 4.78 is 104. The van der Waals surface area contributed by atoms with Crippen LogP contribution in [0.3, 0.4) is 0 Å². The number of sulfone groups is 1. The SMILES string of the molecule is CC(=O)Nc1ccc(S(=O)(=O)CCN(CC(F)(F)F)c2ccc(C#N)c(C(F)(F)F)c2)cc1. The van der Waals surface area contributed by atoms with Crippen LogP contribution >= 0.6 is 0 Å². The van der Waals surface area contributed by atoms with Crippen molar-refractivity contribution in [3.63, 3.8) is 0 Å². The fourth-order valence-electron chi connectivity index (χ4n) is 2.87. The lowest BCUT2D eigenvalue weighted by molar-refractivity contribution is -0.137. The normalized spacial score (nSPS) is 12.2. The second-order valence-electron chi connectivity index (χ2n) is 6.90. The summed E-state index contributed by atoms with van der Waals surface area (Å²) in [6.45, 7) is -1.22. The van der Waals surface area contributed by atoms with Gasteiger partial charge in [-0.15, -0.1) is 0 Å². The number of carbonyl (C=O) groups is 1. The molecule has 2 rings (SSSR count). The van der Waals surface area contributed by atoms with Gasteiger partial charge in [0.25, 0.3) is 0 Å². The number of nitrogens with zero attached hydrogens (tertiary/aromatic N) is 2. The third-order valence-electron chi connectivity index (χ3n) is 4.33. The van der Waals surface area contributed by atoms with Crippen LogP contribution in [-0.2, 0) is 20.8 Å². The fraction of sp³-hybridized carbons (Fsp3) is 0.300. The second-order valence-corrected chi connectivity index (χ2v) is 9.01. The maximum atomic E-state index is 13.2. The minimum Gasteiger partial charge on any atom is -0.362 e. The van der Waals surface area contributed by atoms with E-state index in [2.05, 4.69) is 5.32 Å². The van der Waals surface area contributed by atoms with E-state index in [1.165, 1.54) is 25.1 Å². The summed E-state index contributed by atoms with van der Waals surface area (Å²) in [4.78, 5) is 11.3. The zero-order valence-electron chi connectivity index (χ0n) is 17.0. The van der Waals surface area contributed by atoms with Gasteiger partial charge >= 0.3 is 12.4 Å². The first-order chi connectivity index (χ1) is 15.1. The Morgan fingerprint density at radius 2 is 1.67 bits per heavy atom. The molecule has 0 atom stereocenters. The molecule has 33 heavy (non-hydrogen) atoms. The van der Waals surface area contributed by atoms with Crippen molar-refractivity contribution in [3.05, 3.63) is 53.6 Å². The summed E-state index contributed by atoms with van der Waals surface area (Å²) in [6, 6.07) is 8.23. The molecule has 0 aliphatic rings. The number of anilines is 2. The van der Waals surface area contributed by atoms with E-state index in [-0.39, 0.29) is 4.90 Å². The zero-order chi connectivity index (χ0) is 25.0. The summed E-state index contributed by atoms with van der Waals surface area (Å²) in [5.41, 5.74) is -2.43. The molecule has 0 bridgehead atoms. The van der Waals surface area contributed by atoms with E-state index in [9.17, 15) is 39.6 Å². The summed E-state index contributed by atoms with van der Waals surface area (Å²) >= 11 is 0. The highest BCUT2D eigenvalue weighted by atomic mass is 32.2. The van der Waals surface area contributed by atoms with Crippen LogP contribution < -0.4 is 10.2 Å². The Bertz CT molecular complexity index is 1150. The zero-order valence-corrected chi connectivity index (χ0v) is 17.8. The first kappa shape index (κ1) is 26.0. The van der Waals surface area contributed by atoms with E-state index in [4.69, 9.17) is 5.26 Å². The minimum absolute atomic E-state index is 0.237. The summed E-state index contributed by atoms with van der Waals surface area (Å²) in [6.07, 6.45) is -9.83. The van der Waals surface area contributed by atoms with Crippen LogP contribution in [0.5, 0.6) is 0 Å². The van der Waals surface area contributed by atoms with Crippen LogP contribution in [0.4, 0.5) is 37.7 Å². The number of nitriles is 1. The van der Waals surface area contributed by atoms with Crippen molar-refractivity contribution in [3.8, 4) is 6.07 Å². The van der Waals surface area contributed by atoms with Gasteiger partial charge in [-0.25, -0.2) is 8.42 Å². The highest BCUT2D eigenvalue weighted by Gasteiger charge is 2.36. The highest BCUT2D eigenvalue weighted by molar-refractivity contribution is 7.91. The molecule has 0 saturated carbocycles. The Morgan fingerprint density at radius 1 is 1.06 bits per heavy atom. The summed E-state index contributed by atoms with van der Waals surface area (Å²) in [7, 11) is -4.11. The van der Waals surface area contributed by atoms with Crippen LogP contribution in [0.1, 0.15) is 18.1 Å². The summed E-state index contributed by atoms with van der Waals surface area (Å²) in [5, 5.41) is 11.3. The minimum atomic E-state index is -4.99. The summed E-state index contributed by atoms with van der Waals surface area (Å²) in [5.74, 6) is -1.22. The van der Waals surface area contributed by atoms with E-state index in [0.717, 1.165) is 24.3 Å². The van der Waals surface area contributed by atoms with Crippen molar-refractivity contribution in [1.82, 2.24) is 0 Å². The van der Waals surface area contributed by atoms with Gasteiger partial charge in [0.05, 0.1) is 27.8 Å². The molecule has 1 N–H and O–H groups in total. The van der Waals surface area contributed by atoms with E-state index in [1.807, 2.05) is 0 Å². The molecule has 0 saturated heterocycles. The molecule has 6 nitrogen and oxygen atoms in total. The first-order valence-electron chi connectivity index (χ1n) is 9.16. The maximum absolute atomic E-state index is 13.2. The Hall–Kier alpha value is -3.27. The Morgan fingerprint density at radius 3 is 2.15 bits per heavy atom. The van der Waals surface area contributed by atoms with Gasteiger partial charge in [0.15, 0.2) is 9.84 Å². The number of carbonyl (C=O) groups excluding carboxylic acids is 1. The van der Waals surface area contributed by atoms with Crippen molar-refractivity contribution < 1.29 is 39.6 Å². The van der Waals surface area contributed by atoms with Crippen LogP contribution in [0.15, 0.2) is 47.4 Å². The van der Waals surface area contributed by atoms with E-state index in [0.29, 0.717) is 16.7 Å². The van der Waals surface area contributed by atoms with Gasteiger partial charge in [0.2, 0.25) is 5.91 Å². The van der Waals surface area contributed by atoms with Crippen LogP contribution in [0, 0.1) is 11.3 Å². The van der Waals surface area contributed by atoms with Gasteiger partial charge in [-0.05, 0) is 42.5 Å². The molecule has 0 radical (unpaired) electrons. The van der Waals surface area contributed by atoms with E-state index in [1.54, 1.807) is 0 Å². The quantitative estimate of drug-likeness (QED) is 0.579. The number of amides is 1. The Labute approximate surface area is 185 Å². The van der Waals surface area contributed by atoms with Crippen molar-refractivity contribution in [2.75, 3.05) is 29.1 Å². The lowest BCUT2D eigenvalue weighted by atomic mass is 10.1. The third kappa shape index (κ3) is 7.38. The van der Waals surface area contributed by atoms with Crippen molar-refractivity contribution in [2.45, 2.75) is 24.2 Å². The number of halogens is 6. The van der Waals surface area contributed by atoms with Crippen LogP contribution in [0.25, 0.3) is 0 Å². The van der Waals surface area contributed by atoms with Gasteiger partial charge < -0.3 is 10.2 Å². The number of nitrogens with one attached hydrogen (secondary N) is 1. The van der Waals surface area contributed by atoms with E-state index >= 15 is 0 Å². The van der Waals surface area contributed by atoms with Gasteiger partial charge in [0.1, 0.15) is 6.54 Å². The van der Waals surface area contributed by atoms with Crippen LogP contribution in [0.2, 0.25) is 0 Å². The number of hydrogen-bond donors (Lipinski definition) is 1. The second kappa shape index (κ2) is 9.70. The highest BCUT2D eigenvalue weighted by Crippen LogP contribution is 2.35. The number of benzene rings is 2. The molecule has 0 aliphatic heterocycles. The average molecular weight is 493 g/mol. The van der Waals surface area contributed by atoms with Crippen molar-refractivity contribution >= 4 is 27.1 Å². The third-order valence-corrected chi connectivity index (χ3v) is 6.04. The molecule has 13 heteroatoms. The largest absolute Gasteiger partial charge is 0.417 e. The van der Waals surface area contributed by atoms with Gasteiger partial charge in [-0.3, -0.25) is 4.79 Å². The fourth-order valence-corrected chi connectivity index (χ4v) is 4.12. The predicted molar refractivity (Wildman–Crippen MR) is 107 cm³/mol.